The maximum Gasteiger partial charge on any atom is 0.0708 e. The predicted molar refractivity (Wildman–Crippen MR) is 63.7 cm³/mol. The fourth-order valence-electron chi connectivity index (χ4n) is 3.76. The summed E-state index contributed by atoms with van der Waals surface area (Å²) in [5, 5.41) is 11.0. The highest BCUT2D eigenvalue weighted by molar-refractivity contribution is 5.01. The minimum absolute atomic E-state index is 0.269. The van der Waals surface area contributed by atoms with Gasteiger partial charge in [0, 0.05) is 0 Å². The highest BCUT2D eigenvalue weighted by Crippen LogP contribution is 2.52. The summed E-state index contributed by atoms with van der Waals surface area (Å²) < 4.78 is 0. The molecule has 0 bridgehead atoms. The summed E-state index contributed by atoms with van der Waals surface area (Å²) in [6.45, 7) is 6.89. The van der Waals surface area contributed by atoms with Crippen molar-refractivity contribution in [1.29, 1.82) is 0 Å². The third-order valence-electron chi connectivity index (χ3n) is 4.78. The number of hydrogen-bond donors (Lipinski definition) is 1. The number of hydrogen-bond acceptors (Lipinski definition) is 1. The first-order valence-corrected chi connectivity index (χ1v) is 6.67. The molecule has 0 aromatic heterocycles. The Kier molecular flexibility index (Phi) is 2.87. The third kappa shape index (κ3) is 1.95. The van der Waals surface area contributed by atoms with Crippen LogP contribution >= 0.6 is 0 Å². The number of aliphatic hydroxyl groups is 1. The van der Waals surface area contributed by atoms with Gasteiger partial charge in [-0.1, -0.05) is 40.0 Å². The van der Waals surface area contributed by atoms with E-state index in [4.69, 9.17) is 0 Å². The second kappa shape index (κ2) is 3.76. The summed E-state index contributed by atoms with van der Waals surface area (Å²) in [4.78, 5) is 0. The van der Waals surface area contributed by atoms with Crippen LogP contribution in [0.15, 0.2) is 0 Å². The second-order valence-corrected chi connectivity index (χ2v) is 6.78. The maximum absolute atomic E-state index is 11.0. The Morgan fingerprint density at radius 1 is 1.00 bits per heavy atom. The van der Waals surface area contributed by atoms with Gasteiger partial charge in [0.25, 0.3) is 0 Å². The molecule has 2 aliphatic carbocycles. The van der Waals surface area contributed by atoms with Gasteiger partial charge in [0.2, 0.25) is 0 Å². The van der Waals surface area contributed by atoms with E-state index in [1.54, 1.807) is 0 Å². The molecule has 88 valence electrons. The van der Waals surface area contributed by atoms with Crippen molar-refractivity contribution in [3.8, 4) is 0 Å². The van der Waals surface area contributed by atoms with Crippen LogP contribution in [0.25, 0.3) is 0 Å². The van der Waals surface area contributed by atoms with Crippen molar-refractivity contribution in [2.24, 2.45) is 17.3 Å². The van der Waals surface area contributed by atoms with E-state index >= 15 is 0 Å². The summed E-state index contributed by atoms with van der Waals surface area (Å²) in [6.07, 6.45) is 8.71. The molecule has 2 aliphatic rings. The Hall–Kier alpha value is -0.0400. The highest BCUT2D eigenvalue weighted by Gasteiger charge is 2.50. The molecule has 1 heteroatoms. The summed E-state index contributed by atoms with van der Waals surface area (Å²) >= 11 is 0. The molecule has 0 aromatic carbocycles. The lowest BCUT2D eigenvalue weighted by Gasteiger charge is -2.53. The quantitative estimate of drug-likeness (QED) is 0.699. The van der Waals surface area contributed by atoms with Crippen LogP contribution in [0.2, 0.25) is 0 Å². The molecule has 0 aromatic rings. The van der Waals surface area contributed by atoms with Gasteiger partial charge in [0.15, 0.2) is 0 Å². The summed E-state index contributed by atoms with van der Waals surface area (Å²) in [5.74, 6) is 1.13. The highest BCUT2D eigenvalue weighted by atomic mass is 16.3. The van der Waals surface area contributed by atoms with Gasteiger partial charge in [-0.3, -0.25) is 0 Å². The molecule has 2 saturated carbocycles. The van der Waals surface area contributed by atoms with Gasteiger partial charge in [0.1, 0.15) is 0 Å². The SMILES string of the molecule is CC(C)(C)C1CCCCC1(O)C1CCC1. The van der Waals surface area contributed by atoms with Gasteiger partial charge in [-0.25, -0.2) is 0 Å². The molecular formula is C14H26O. The van der Waals surface area contributed by atoms with Crippen molar-refractivity contribution in [1.82, 2.24) is 0 Å². The lowest BCUT2D eigenvalue weighted by molar-refractivity contribution is -0.148. The lowest BCUT2D eigenvalue weighted by atomic mass is 9.56. The summed E-state index contributed by atoms with van der Waals surface area (Å²) in [5.41, 5.74) is -0.0560. The Bertz CT molecular complexity index is 224. The molecule has 0 saturated heterocycles. The standard InChI is InChI=1S/C14H26O/c1-13(2,3)12-9-4-5-10-14(12,15)11-7-6-8-11/h11-12,15H,4-10H2,1-3H3. The normalized spacial score (nSPS) is 38.8. The van der Waals surface area contributed by atoms with E-state index < -0.39 is 0 Å². The van der Waals surface area contributed by atoms with Crippen LogP contribution in [-0.4, -0.2) is 10.7 Å². The Balaban J connectivity index is 2.17. The first kappa shape index (κ1) is 11.4. The van der Waals surface area contributed by atoms with Crippen LogP contribution in [0.4, 0.5) is 0 Å². The molecule has 0 amide bonds. The third-order valence-corrected chi connectivity index (χ3v) is 4.78. The first-order chi connectivity index (χ1) is 6.94. The zero-order valence-corrected chi connectivity index (χ0v) is 10.6. The van der Waals surface area contributed by atoms with Crippen LogP contribution < -0.4 is 0 Å². The smallest absolute Gasteiger partial charge is 0.0708 e. The minimum Gasteiger partial charge on any atom is -0.389 e. The Morgan fingerprint density at radius 3 is 2.13 bits per heavy atom. The van der Waals surface area contributed by atoms with Crippen molar-refractivity contribution >= 4 is 0 Å². The molecule has 1 N–H and O–H groups in total. The molecule has 0 radical (unpaired) electrons. The van der Waals surface area contributed by atoms with Crippen LogP contribution in [0, 0.1) is 17.3 Å². The van der Waals surface area contributed by atoms with Crippen molar-refractivity contribution < 1.29 is 5.11 Å². The topological polar surface area (TPSA) is 20.2 Å². The summed E-state index contributed by atoms with van der Waals surface area (Å²) in [7, 11) is 0. The molecule has 0 aliphatic heterocycles. The molecule has 0 spiro atoms. The fraction of sp³-hybridized carbons (Fsp3) is 1.00. The van der Waals surface area contributed by atoms with Gasteiger partial charge in [-0.15, -0.1) is 0 Å². The van der Waals surface area contributed by atoms with E-state index in [1.807, 2.05) is 0 Å². The van der Waals surface area contributed by atoms with E-state index in [0.717, 1.165) is 6.42 Å². The molecule has 0 heterocycles. The average molecular weight is 210 g/mol. The van der Waals surface area contributed by atoms with Crippen molar-refractivity contribution in [2.45, 2.75) is 71.3 Å². The molecule has 2 atom stereocenters. The van der Waals surface area contributed by atoms with E-state index in [-0.39, 0.29) is 11.0 Å². The van der Waals surface area contributed by atoms with Crippen LogP contribution in [0.5, 0.6) is 0 Å². The molecule has 2 unspecified atom stereocenters. The minimum atomic E-state index is -0.325. The van der Waals surface area contributed by atoms with Gasteiger partial charge in [-0.2, -0.15) is 0 Å². The first-order valence-electron chi connectivity index (χ1n) is 6.67. The molecule has 2 fully saturated rings. The number of rotatable bonds is 1. The van der Waals surface area contributed by atoms with Crippen LogP contribution in [0.1, 0.15) is 65.7 Å². The monoisotopic (exact) mass is 210 g/mol. The van der Waals surface area contributed by atoms with Crippen molar-refractivity contribution in [3.63, 3.8) is 0 Å². The Morgan fingerprint density at radius 2 is 1.67 bits per heavy atom. The molecule has 2 rings (SSSR count). The van der Waals surface area contributed by atoms with Gasteiger partial charge in [-0.05, 0) is 42.9 Å². The zero-order chi connectivity index (χ0) is 11.1. The second-order valence-electron chi connectivity index (χ2n) is 6.78. The molecule has 15 heavy (non-hydrogen) atoms. The van der Waals surface area contributed by atoms with Crippen LogP contribution in [0.3, 0.4) is 0 Å². The maximum atomic E-state index is 11.0. The molecular weight excluding hydrogens is 184 g/mol. The molecule has 1 nitrogen and oxygen atoms in total. The van der Waals surface area contributed by atoms with E-state index in [2.05, 4.69) is 20.8 Å². The van der Waals surface area contributed by atoms with Crippen molar-refractivity contribution in [2.75, 3.05) is 0 Å². The average Bonchev–Trinajstić information content (AvgIpc) is 1.97. The van der Waals surface area contributed by atoms with Crippen molar-refractivity contribution in [3.05, 3.63) is 0 Å². The van der Waals surface area contributed by atoms with Gasteiger partial charge in [0.05, 0.1) is 5.60 Å². The van der Waals surface area contributed by atoms with E-state index in [9.17, 15) is 5.11 Å². The zero-order valence-electron chi connectivity index (χ0n) is 10.6. The largest absolute Gasteiger partial charge is 0.389 e. The predicted octanol–water partition coefficient (Wildman–Crippen LogP) is 3.75. The Labute approximate surface area is 94.3 Å². The van der Waals surface area contributed by atoms with Crippen LogP contribution in [-0.2, 0) is 0 Å². The lowest BCUT2D eigenvalue weighted by Crippen LogP contribution is -2.53. The van der Waals surface area contributed by atoms with E-state index in [1.165, 1.54) is 38.5 Å². The summed E-state index contributed by atoms with van der Waals surface area (Å²) in [6, 6.07) is 0. The fourth-order valence-corrected chi connectivity index (χ4v) is 3.76. The van der Waals surface area contributed by atoms with Gasteiger partial charge >= 0.3 is 0 Å². The van der Waals surface area contributed by atoms with Gasteiger partial charge < -0.3 is 5.11 Å². The van der Waals surface area contributed by atoms with E-state index in [0.29, 0.717) is 11.8 Å².